The molecule has 1 saturated carbocycles. The number of aliphatic imine (C=N–C) groups is 1. The highest BCUT2D eigenvalue weighted by molar-refractivity contribution is 5.86. The van der Waals surface area contributed by atoms with Crippen LogP contribution in [-0.4, -0.2) is 35.4 Å². The second-order valence-electron chi connectivity index (χ2n) is 11.0. The van der Waals surface area contributed by atoms with E-state index in [1.165, 1.54) is 24.6 Å². The highest BCUT2D eigenvalue weighted by Gasteiger charge is 2.37. The molecule has 3 N–H and O–H groups in total. The van der Waals surface area contributed by atoms with Crippen LogP contribution in [0, 0.1) is 24.1 Å². The van der Waals surface area contributed by atoms with Crippen molar-refractivity contribution >= 4 is 11.6 Å². The Bertz CT molecular complexity index is 1150. The molecule has 0 aliphatic heterocycles. The summed E-state index contributed by atoms with van der Waals surface area (Å²) in [6, 6.07) is 13.4. The van der Waals surface area contributed by atoms with E-state index in [9.17, 15) is 18.7 Å². The number of hydrogen-bond acceptors (Lipinski definition) is 4. The number of rotatable bonds is 8. The Kier molecular flexibility index (Phi) is 9.22. The van der Waals surface area contributed by atoms with Gasteiger partial charge in [0.05, 0.1) is 12.1 Å². The maximum atomic E-state index is 13.7. The minimum absolute atomic E-state index is 0.0296. The van der Waals surface area contributed by atoms with E-state index in [1.54, 1.807) is 0 Å². The first-order chi connectivity index (χ1) is 17.4. The quantitative estimate of drug-likeness (QED) is 0.449. The number of terminal acetylenes is 1. The number of nitrogens with zero attached hydrogens (tertiary/aromatic N) is 1. The third-order valence-electron chi connectivity index (χ3n) is 7.07. The first kappa shape index (κ1) is 28.5. The van der Waals surface area contributed by atoms with Crippen LogP contribution in [0.4, 0.5) is 8.78 Å². The number of hydrogen-bond donors (Lipinski definition) is 3. The molecule has 198 valence electrons. The molecule has 5 nitrogen and oxygen atoms in total. The van der Waals surface area contributed by atoms with Crippen LogP contribution in [0.3, 0.4) is 0 Å². The largest absolute Gasteiger partial charge is 0.390 e. The summed E-state index contributed by atoms with van der Waals surface area (Å²) < 4.78 is 27.5. The van der Waals surface area contributed by atoms with Crippen molar-refractivity contribution in [2.45, 2.75) is 82.9 Å². The molecule has 2 atom stereocenters. The molecular formula is C30H37F2N3O2. The fourth-order valence-corrected chi connectivity index (χ4v) is 4.99. The maximum absolute atomic E-state index is 13.7. The Morgan fingerprint density at radius 1 is 1.16 bits per heavy atom. The van der Waals surface area contributed by atoms with Gasteiger partial charge in [-0.05, 0) is 66.3 Å². The number of carbonyl (C=O) groups is 1. The van der Waals surface area contributed by atoms with Gasteiger partial charge in [-0.2, -0.15) is 0 Å². The summed E-state index contributed by atoms with van der Waals surface area (Å²) in [5, 5.41) is 17.5. The molecule has 1 fully saturated rings. The zero-order chi connectivity index (χ0) is 27.2. The van der Waals surface area contributed by atoms with Crippen LogP contribution in [0.1, 0.15) is 70.1 Å². The highest BCUT2D eigenvalue weighted by Crippen LogP contribution is 2.38. The molecule has 1 aliphatic carbocycles. The summed E-state index contributed by atoms with van der Waals surface area (Å²) in [5.74, 6) is -1.73. The van der Waals surface area contributed by atoms with E-state index >= 15 is 0 Å². The molecule has 0 radical (unpaired) electrons. The van der Waals surface area contributed by atoms with Crippen molar-refractivity contribution in [1.29, 1.82) is 0 Å². The van der Waals surface area contributed by atoms with Gasteiger partial charge < -0.3 is 15.7 Å². The van der Waals surface area contributed by atoms with Crippen molar-refractivity contribution in [1.82, 2.24) is 10.6 Å². The number of aliphatic hydroxyl groups is 1. The Morgan fingerprint density at radius 2 is 1.81 bits per heavy atom. The zero-order valence-electron chi connectivity index (χ0n) is 22.1. The Labute approximate surface area is 218 Å². The van der Waals surface area contributed by atoms with Gasteiger partial charge in [-0.3, -0.25) is 4.79 Å². The van der Waals surface area contributed by atoms with E-state index in [0.29, 0.717) is 5.56 Å². The molecule has 0 aromatic heterocycles. The van der Waals surface area contributed by atoms with Gasteiger partial charge in [0.15, 0.2) is 0 Å². The topological polar surface area (TPSA) is 73.7 Å². The summed E-state index contributed by atoms with van der Waals surface area (Å²) in [6.45, 7) is 8.03. The molecule has 2 unspecified atom stereocenters. The van der Waals surface area contributed by atoms with Crippen molar-refractivity contribution in [3.8, 4) is 12.5 Å². The molecule has 0 saturated heterocycles. The highest BCUT2D eigenvalue weighted by atomic mass is 19.1. The van der Waals surface area contributed by atoms with Gasteiger partial charge in [-0.1, -0.05) is 51.5 Å². The maximum Gasteiger partial charge on any atom is 0.217 e. The van der Waals surface area contributed by atoms with Gasteiger partial charge in [-0.25, -0.2) is 13.8 Å². The van der Waals surface area contributed by atoms with E-state index < -0.39 is 29.3 Å². The second-order valence-corrected chi connectivity index (χ2v) is 11.0. The number of halogens is 2. The summed E-state index contributed by atoms with van der Waals surface area (Å²) in [6.07, 6.45) is 7.42. The number of nitrogens with one attached hydrogen (secondary N) is 2. The fourth-order valence-electron chi connectivity index (χ4n) is 4.99. The number of carbonyl (C=O) groups excluding carboxylic acids is 1. The Balaban J connectivity index is 1.86. The summed E-state index contributed by atoms with van der Waals surface area (Å²) in [7, 11) is 0. The minimum atomic E-state index is -1.00. The lowest BCUT2D eigenvalue weighted by Gasteiger charge is -2.41. The first-order valence-electron chi connectivity index (χ1n) is 12.7. The molecule has 1 amide bonds. The predicted octanol–water partition coefficient (Wildman–Crippen LogP) is 4.76. The molecule has 2 aromatic rings. The predicted molar refractivity (Wildman–Crippen MR) is 143 cm³/mol. The van der Waals surface area contributed by atoms with Crippen LogP contribution in [0.15, 0.2) is 47.5 Å². The lowest BCUT2D eigenvalue weighted by molar-refractivity contribution is -0.120. The monoisotopic (exact) mass is 509 g/mol. The van der Waals surface area contributed by atoms with Crippen molar-refractivity contribution in [3.63, 3.8) is 0 Å². The van der Waals surface area contributed by atoms with Gasteiger partial charge in [-0.15, -0.1) is 0 Å². The normalized spacial score (nSPS) is 19.6. The number of aliphatic hydroxyl groups excluding tert-OH is 1. The molecule has 2 aromatic carbocycles. The zero-order valence-corrected chi connectivity index (χ0v) is 22.1. The molecule has 7 heteroatoms. The van der Waals surface area contributed by atoms with E-state index in [2.05, 4.69) is 66.7 Å². The molecule has 0 bridgehead atoms. The molecule has 1 aliphatic rings. The molecule has 0 heterocycles. The molecule has 3 rings (SSSR count). The van der Waals surface area contributed by atoms with E-state index in [1.807, 2.05) is 0 Å². The van der Waals surface area contributed by atoms with Crippen LogP contribution < -0.4 is 10.6 Å². The fraction of sp³-hybridized carbons (Fsp3) is 0.467. The SMILES string of the molecule is C#CN=C1CCC(NCC(O)C(Cc2cc(F)cc(F)c2)NC(C)=O)(c2cccc(C(C)(C)C)c2)CC1. The van der Waals surface area contributed by atoms with Crippen molar-refractivity contribution in [2.75, 3.05) is 6.54 Å². The summed E-state index contributed by atoms with van der Waals surface area (Å²) in [5.41, 5.74) is 3.21. The standard InChI is InChI=1S/C30H37F2N3O2/c1-6-33-26-10-12-30(13-11-26,23-9-7-8-22(17-23)29(3,4)5)34-19-28(37)27(35-20(2)36)16-21-14-24(31)18-25(32)15-21/h1,7-9,14-15,17-18,27-28,34,37H,10-13,16,19H2,2-5H3,(H,35,36). The third kappa shape index (κ3) is 7.70. The van der Waals surface area contributed by atoms with Crippen LogP contribution in [0.2, 0.25) is 0 Å². The third-order valence-corrected chi connectivity index (χ3v) is 7.07. The lowest BCUT2D eigenvalue weighted by Crippen LogP contribution is -2.53. The second kappa shape index (κ2) is 12.0. The molecule has 0 spiro atoms. The average Bonchev–Trinajstić information content (AvgIpc) is 2.82. The summed E-state index contributed by atoms with van der Waals surface area (Å²) >= 11 is 0. The summed E-state index contributed by atoms with van der Waals surface area (Å²) in [4.78, 5) is 16.1. The van der Waals surface area contributed by atoms with Crippen LogP contribution in [0.25, 0.3) is 0 Å². The van der Waals surface area contributed by atoms with Crippen LogP contribution in [-0.2, 0) is 22.2 Å². The van der Waals surface area contributed by atoms with E-state index in [4.69, 9.17) is 6.42 Å². The van der Waals surface area contributed by atoms with Crippen LogP contribution in [0.5, 0.6) is 0 Å². The smallest absolute Gasteiger partial charge is 0.217 e. The van der Waals surface area contributed by atoms with Gasteiger partial charge in [0.25, 0.3) is 0 Å². The molecule has 37 heavy (non-hydrogen) atoms. The van der Waals surface area contributed by atoms with Crippen molar-refractivity contribution in [3.05, 3.63) is 70.8 Å². The van der Waals surface area contributed by atoms with Crippen molar-refractivity contribution < 1.29 is 18.7 Å². The van der Waals surface area contributed by atoms with Crippen LogP contribution >= 0.6 is 0 Å². The Morgan fingerprint density at radius 3 is 2.38 bits per heavy atom. The van der Waals surface area contributed by atoms with Gasteiger partial charge >= 0.3 is 0 Å². The van der Waals surface area contributed by atoms with Gasteiger partial charge in [0.2, 0.25) is 5.91 Å². The van der Waals surface area contributed by atoms with E-state index in [0.717, 1.165) is 43.0 Å². The first-order valence-corrected chi connectivity index (χ1v) is 12.7. The van der Waals surface area contributed by atoms with Crippen molar-refractivity contribution in [2.24, 2.45) is 4.99 Å². The van der Waals surface area contributed by atoms with E-state index in [-0.39, 0.29) is 24.3 Å². The number of benzene rings is 2. The minimum Gasteiger partial charge on any atom is -0.390 e. The number of amides is 1. The van der Waals surface area contributed by atoms with Gasteiger partial charge in [0, 0.05) is 36.8 Å². The average molecular weight is 510 g/mol. The molecular weight excluding hydrogens is 472 g/mol. The Hall–Kier alpha value is -3.08. The van der Waals surface area contributed by atoms with Gasteiger partial charge in [0.1, 0.15) is 11.6 Å². The lowest BCUT2D eigenvalue weighted by atomic mass is 9.74.